The van der Waals surface area contributed by atoms with Crippen molar-refractivity contribution in [1.82, 2.24) is 5.06 Å². The van der Waals surface area contributed by atoms with Gasteiger partial charge < -0.3 is 18.9 Å². The van der Waals surface area contributed by atoms with Crippen LogP contribution in [0.2, 0.25) is 0 Å². The average molecular weight is 737 g/mol. The minimum Gasteiger partial charge on any atom is -0.748 e. The number of rotatable bonds is 12. The standard InChI is InChI=1S/C40H36N2O10S/c1-25-22-29(39(45)52-42-35(43)18-19-36(42)44)23-26(2)38(25)51-40(46)37-31-8-4-5-9-33(31)41(20-6-7-21-53(47,48)49)34-17-14-28(24-32(34)37)11-10-27-12-15-30(50-3)16-13-27/h4-5,8-17,22-24H,6-7,18-21H2,1-3H3/b11-10+. The van der Waals surface area contributed by atoms with Gasteiger partial charge in [0.05, 0.1) is 39.1 Å². The van der Waals surface area contributed by atoms with Gasteiger partial charge in [0.25, 0.3) is 11.8 Å². The highest BCUT2D eigenvalue weighted by atomic mass is 32.2. The van der Waals surface area contributed by atoms with Gasteiger partial charge in [0.2, 0.25) is 11.0 Å². The number of carbonyl (C=O) groups excluding carboxylic acids is 4. The highest BCUT2D eigenvalue weighted by Crippen LogP contribution is 2.31. The molecule has 4 aromatic carbocycles. The van der Waals surface area contributed by atoms with Crippen molar-refractivity contribution >= 4 is 67.8 Å². The Balaban J connectivity index is 1.39. The van der Waals surface area contributed by atoms with Crippen molar-refractivity contribution < 1.29 is 51.0 Å². The summed E-state index contributed by atoms with van der Waals surface area (Å²) in [5.74, 6) is -2.26. The molecule has 6 rings (SSSR count). The maximum atomic E-state index is 14.4. The van der Waals surface area contributed by atoms with Crippen LogP contribution >= 0.6 is 0 Å². The van der Waals surface area contributed by atoms with Crippen LogP contribution in [-0.4, -0.2) is 54.6 Å². The summed E-state index contributed by atoms with van der Waals surface area (Å²) < 4.78 is 47.2. The molecule has 53 heavy (non-hydrogen) atoms. The normalized spacial score (nSPS) is 13.3. The lowest BCUT2D eigenvalue weighted by atomic mass is 9.99. The molecule has 12 nitrogen and oxygen atoms in total. The van der Waals surface area contributed by atoms with Crippen LogP contribution in [0.1, 0.15) is 68.7 Å². The number of carbonyl (C=O) groups is 4. The first-order valence-corrected chi connectivity index (χ1v) is 18.5. The number of aryl methyl sites for hydroxylation is 3. The number of unbranched alkanes of at least 4 members (excludes halogenated alkanes) is 1. The molecule has 13 heteroatoms. The van der Waals surface area contributed by atoms with Gasteiger partial charge in [-0.3, -0.25) is 9.59 Å². The van der Waals surface area contributed by atoms with Crippen molar-refractivity contribution in [1.29, 1.82) is 0 Å². The van der Waals surface area contributed by atoms with E-state index < -0.39 is 39.6 Å². The summed E-state index contributed by atoms with van der Waals surface area (Å²) in [6.07, 6.45) is 4.37. The fourth-order valence-electron chi connectivity index (χ4n) is 6.37. The number of pyridine rings is 1. The van der Waals surface area contributed by atoms with E-state index in [1.165, 1.54) is 12.1 Å². The largest absolute Gasteiger partial charge is 0.748 e. The average Bonchev–Trinajstić information content (AvgIpc) is 3.45. The number of hydroxylamine groups is 2. The third-order valence-corrected chi connectivity index (χ3v) is 9.72. The number of esters is 1. The van der Waals surface area contributed by atoms with E-state index in [4.69, 9.17) is 14.3 Å². The zero-order valence-corrected chi connectivity index (χ0v) is 30.1. The molecular formula is C40H36N2O10S. The summed E-state index contributed by atoms with van der Waals surface area (Å²) in [5.41, 5.74) is 4.39. The van der Waals surface area contributed by atoms with Crippen LogP contribution in [0.4, 0.5) is 0 Å². The molecule has 0 unspecified atom stereocenters. The maximum Gasteiger partial charge on any atom is 0.363 e. The quantitative estimate of drug-likeness (QED) is 0.0223. The number of nitrogens with zero attached hydrogens (tertiary/aromatic N) is 2. The van der Waals surface area contributed by atoms with Crippen LogP contribution < -0.4 is 14.0 Å². The summed E-state index contributed by atoms with van der Waals surface area (Å²) in [6, 6.07) is 23.5. The Labute approximate surface area is 305 Å². The van der Waals surface area contributed by atoms with Gasteiger partial charge in [-0.25, -0.2) is 18.0 Å². The first-order valence-electron chi connectivity index (χ1n) is 16.9. The second-order valence-corrected chi connectivity index (χ2v) is 14.2. The minimum absolute atomic E-state index is 0.0336. The van der Waals surface area contributed by atoms with Crippen molar-refractivity contribution in [3.05, 3.63) is 112 Å². The molecule has 5 aromatic rings. The Bertz CT molecular complexity index is 2380. The van der Waals surface area contributed by atoms with Gasteiger partial charge in [-0.05, 0) is 85.0 Å². The Morgan fingerprint density at radius 1 is 0.811 bits per heavy atom. The number of amides is 2. The maximum absolute atomic E-state index is 14.4. The highest BCUT2D eigenvalue weighted by Gasteiger charge is 2.33. The molecule has 0 aliphatic carbocycles. The second kappa shape index (κ2) is 15.4. The second-order valence-electron chi connectivity index (χ2n) is 12.7. The Morgan fingerprint density at radius 2 is 1.43 bits per heavy atom. The van der Waals surface area contributed by atoms with Crippen LogP contribution in [0.15, 0.2) is 78.9 Å². The van der Waals surface area contributed by atoms with Crippen molar-refractivity contribution in [3.8, 4) is 11.5 Å². The number of fused-ring (bicyclic) bond motifs is 2. The lowest BCUT2D eigenvalue weighted by Crippen LogP contribution is -2.37. The molecule has 0 bridgehead atoms. The van der Waals surface area contributed by atoms with Crippen molar-refractivity contribution in [2.75, 3.05) is 12.9 Å². The molecule has 0 spiro atoms. The number of aromatic nitrogens is 1. The molecule has 1 saturated heterocycles. The number of imide groups is 1. The van der Waals surface area contributed by atoms with Crippen LogP contribution in [0, 0.1) is 13.8 Å². The Kier molecular flexibility index (Phi) is 10.7. The molecule has 2 heterocycles. The molecule has 0 N–H and O–H groups in total. The van der Waals surface area contributed by atoms with E-state index in [1.807, 2.05) is 77.4 Å². The molecule has 1 fully saturated rings. The zero-order chi connectivity index (χ0) is 37.9. The number of hydrogen-bond acceptors (Lipinski definition) is 10. The molecule has 272 valence electrons. The third kappa shape index (κ3) is 8.27. The number of benzene rings is 4. The van der Waals surface area contributed by atoms with E-state index in [2.05, 4.69) is 0 Å². The van der Waals surface area contributed by atoms with E-state index in [1.54, 1.807) is 27.0 Å². The zero-order valence-electron chi connectivity index (χ0n) is 29.3. The van der Waals surface area contributed by atoms with Crippen LogP contribution in [0.3, 0.4) is 0 Å². The molecule has 1 aliphatic rings. The summed E-state index contributed by atoms with van der Waals surface area (Å²) in [6.45, 7) is 3.71. The van der Waals surface area contributed by atoms with Crippen LogP contribution in [0.5, 0.6) is 11.5 Å². The predicted molar refractivity (Wildman–Crippen MR) is 195 cm³/mol. The van der Waals surface area contributed by atoms with Crippen LogP contribution in [0.25, 0.3) is 34.0 Å². The summed E-state index contributed by atoms with van der Waals surface area (Å²) in [4.78, 5) is 56.3. The smallest absolute Gasteiger partial charge is 0.363 e. The van der Waals surface area contributed by atoms with E-state index >= 15 is 0 Å². The molecule has 0 saturated carbocycles. The lowest BCUT2D eigenvalue weighted by Gasteiger charge is -2.16. The van der Waals surface area contributed by atoms with Crippen molar-refractivity contribution in [2.24, 2.45) is 0 Å². The van der Waals surface area contributed by atoms with Crippen molar-refractivity contribution in [2.45, 2.75) is 46.1 Å². The summed E-state index contributed by atoms with van der Waals surface area (Å²) in [7, 11) is -2.76. The number of hydrogen-bond donors (Lipinski definition) is 0. The van der Waals surface area contributed by atoms with Gasteiger partial charge in [0.1, 0.15) is 18.0 Å². The lowest BCUT2D eigenvalue weighted by molar-refractivity contribution is -0.645. The number of methoxy groups -OCH3 is 1. The van der Waals surface area contributed by atoms with E-state index in [0.717, 1.165) is 16.9 Å². The fourth-order valence-corrected chi connectivity index (χ4v) is 6.93. The SMILES string of the molecule is COc1ccc(/C=C/c2ccc3c(c2)c(C(=O)Oc2c(C)cc(C(=O)ON4C(=O)CCC4=O)cc2C)c2ccccc2[n+]3CCCCS(=O)(=O)[O-])cc1. The molecule has 1 aliphatic heterocycles. The monoisotopic (exact) mass is 736 g/mol. The Hall–Kier alpha value is -5.92. The molecule has 1 aromatic heterocycles. The summed E-state index contributed by atoms with van der Waals surface area (Å²) in [5, 5.41) is 1.65. The first kappa shape index (κ1) is 36.9. The van der Waals surface area contributed by atoms with Gasteiger partial charge >= 0.3 is 11.9 Å². The Morgan fingerprint density at radius 3 is 2.09 bits per heavy atom. The van der Waals surface area contributed by atoms with Gasteiger partial charge in [-0.2, -0.15) is 4.57 Å². The number of ether oxygens (including phenoxy) is 2. The van der Waals surface area contributed by atoms with Crippen molar-refractivity contribution in [3.63, 3.8) is 0 Å². The highest BCUT2D eigenvalue weighted by molar-refractivity contribution is 7.85. The molecular weight excluding hydrogens is 701 g/mol. The molecule has 0 atom stereocenters. The van der Waals surface area contributed by atoms with E-state index in [9.17, 15) is 32.1 Å². The summed E-state index contributed by atoms with van der Waals surface area (Å²) >= 11 is 0. The number of para-hydroxylation sites is 1. The van der Waals surface area contributed by atoms with Gasteiger partial charge in [-0.1, -0.05) is 36.4 Å². The van der Waals surface area contributed by atoms with Gasteiger partial charge in [0.15, 0.2) is 0 Å². The van der Waals surface area contributed by atoms with E-state index in [0.29, 0.717) is 56.5 Å². The fraction of sp³-hybridized carbons (Fsp3) is 0.225. The van der Waals surface area contributed by atoms with Crippen LogP contribution in [-0.2, 0) is 31.1 Å². The van der Waals surface area contributed by atoms with Gasteiger partial charge in [-0.15, -0.1) is 5.06 Å². The third-order valence-electron chi connectivity index (χ3n) is 8.93. The molecule has 2 amide bonds. The minimum atomic E-state index is -4.36. The van der Waals surface area contributed by atoms with Gasteiger partial charge in [0, 0.05) is 37.1 Å². The molecule has 0 radical (unpaired) electrons. The predicted octanol–water partition coefficient (Wildman–Crippen LogP) is 5.84. The first-order chi connectivity index (χ1) is 25.3. The topological polar surface area (TPSA) is 160 Å². The van der Waals surface area contributed by atoms with E-state index in [-0.39, 0.29) is 30.6 Å².